The average Bonchev–Trinajstić information content (AvgIpc) is 3.86. The summed E-state index contributed by atoms with van der Waals surface area (Å²) in [6.07, 6.45) is 0.762. The van der Waals surface area contributed by atoms with Crippen LogP contribution < -0.4 is 16.4 Å². The molecule has 3 aromatic rings. The van der Waals surface area contributed by atoms with E-state index in [1.807, 2.05) is 13.8 Å². The molecule has 0 aliphatic carbocycles. The summed E-state index contributed by atoms with van der Waals surface area (Å²) in [4.78, 5) is 101. The number of phosphoric ester groups is 3. The number of ether oxygens (including phenoxy) is 1. The number of carbonyl (C=O) groups is 4. The smallest absolute Gasteiger partial charge is 0.481 e. The van der Waals surface area contributed by atoms with Crippen LogP contribution >= 0.6 is 23.5 Å². The van der Waals surface area contributed by atoms with Gasteiger partial charge in [-0.1, -0.05) is 71.2 Å². The van der Waals surface area contributed by atoms with Gasteiger partial charge in [-0.25, -0.2) is 28.6 Å². The highest BCUT2D eigenvalue weighted by Crippen LogP contribution is 2.61. The van der Waals surface area contributed by atoms with Crippen molar-refractivity contribution in [1.29, 1.82) is 0 Å². The highest BCUT2D eigenvalue weighted by molar-refractivity contribution is 7.61. The van der Waals surface area contributed by atoms with E-state index in [1.54, 1.807) is 13.8 Å². The number of nitrogens with two attached hydrogens (primary N) is 1. The fraction of sp³-hybridized carbons (Fsp3) is 0.659. The third-order valence-electron chi connectivity index (χ3n) is 12.4. The molecule has 410 valence electrons. The Kier molecular flexibility index (Phi) is 22.0. The maximum atomic E-state index is 13.0. The van der Waals surface area contributed by atoms with E-state index in [-0.39, 0.29) is 48.7 Å². The number of nitrogens with zero attached hydrogens (tertiary/aromatic N) is 4. The van der Waals surface area contributed by atoms with Crippen molar-refractivity contribution in [3.05, 3.63) is 48.0 Å². The summed E-state index contributed by atoms with van der Waals surface area (Å²) in [7, 11) is -16.5. The second-order valence-corrected chi connectivity index (χ2v) is 24.1. The first-order chi connectivity index (χ1) is 33.8. The van der Waals surface area contributed by atoms with Gasteiger partial charge in [0.1, 0.15) is 42.0 Å². The van der Waals surface area contributed by atoms with Gasteiger partial charge in [0.05, 0.1) is 25.0 Å². The van der Waals surface area contributed by atoms with Gasteiger partial charge in [-0.2, -0.15) is 4.31 Å². The maximum Gasteiger partial charge on any atom is 0.481 e. The van der Waals surface area contributed by atoms with Gasteiger partial charge in [-0.05, 0) is 63.5 Å². The Morgan fingerprint density at radius 2 is 1.38 bits per heavy atom. The van der Waals surface area contributed by atoms with Crippen molar-refractivity contribution in [3.8, 4) is 0 Å². The lowest BCUT2D eigenvalue weighted by atomic mass is 9.81. The van der Waals surface area contributed by atoms with E-state index in [4.69, 9.17) is 19.5 Å². The van der Waals surface area contributed by atoms with Gasteiger partial charge in [0.2, 0.25) is 11.8 Å². The molecule has 26 nitrogen and oxygen atoms in total. The zero-order chi connectivity index (χ0) is 54.6. The quantitative estimate of drug-likeness (QED) is 0.0312. The minimum atomic E-state index is -5.60. The number of ketones is 1. The van der Waals surface area contributed by atoms with Gasteiger partial charge >= 0.3 is 29.4 Å². The molecule has 3 heterocycles. The maximum absolute atomic E-state index is 13.0. The van der Waals surface area contributed by atoms with E-state index in [2.05, 4.69) is 58.7 Å². The third-order valence-corrected chi connectivity index (χ3v) is 15.5. The molecule has 29 heteroatoms. The van der Waals surface area contributed by atoms with Crippen molar-refractivity contribution in [3.63, 3.8) is 0 Å². The summed E-state index contributed by atoms with van der Waals surface area (Å²) < 4.78 is 62.6. The number of aryl methyl sites for hydroxylation is 2. The summed E-state index contributed by atoms with van der Waals surface area (Å²) in [5, 5.41) is 35.9. The number of carboxylic acid groups (broad SMARTS) is 1. The van der Waals surface area contributed by atoms with Crippen LogP contribution in [0.15, 0.2) is 36.9 Å². The van der Waals surface area contributed by atoms with Crippen LogP contribution in [0, 0.1) is 16.2 Å². The molecule has 11 N–H and O–H groups in total. The van der Waals surface area contributed by atoms with Crippen LogP contribution in [0.4, 0.5) is 5.82 Å². The summed E-state index contributed by atoms with van der Waals surface area (Å²) >= 11 is 0. The van der Waals surface area contributed by atoms with Crippen molar-refractivity contribution in [2.24, 2.45) is 16.2 Å². The van der Waals surface area contributed by atoms with E-state index in [0.29, 0.717) is 12.8 Å². The first kappa shape index (κ1) is 61.4. The number of rotatable bonds is 32. The SMILES string of the molecule is CC(C)(CCCCCc1ccc(CCCCC(C)(C)C(=O)CCNC(=O)CCNC(=O)C(O)C(C)(C)COP(=O)(O)OP(=O)(O)OCC2OC(n3cnc4c(N)ncnc43)C(O)C2OP(=O)(O)O)cc1)C(=O)O. The van der Waals surface area contributed by atoms with Crippen LogP contribution in [-0.2, 0) is 68.3 Å². The van der Waals surface area contributed by atoms with Crippen LogP contribution in [0.25, 0.3) is 11.2 Å². The van der Waals surface area contributed by atoms with E-state index in [0.717, 1.165) is 62.2 Å². The van der Waals surface area contributed by atoms with Crippen molar-refractivity contribution in [2.75, 3.05) is 32.0 Å². The van der Waals surface area contributed by atoms with Gasteiger partial charge in [-0.3, -0.25) is 37.3 Å². The Labute approximate surface area is 422 Å². The first-order valence-electron chi connectivity index (χ1n) is 23.6. The molecule has 7 atom stereocenters. The zero-order valence-electron chi connectivity index (χ0n) is 41.7. The number of aliphatic hydroxyl groups excluding tert-OH is 2. The number of anilines is 1. The number of aromatic nitrogens is 4. The standard InChI is InChI=1S/C44H70N7O19P3/c1-42(2,20-11-9-13-29-16-14-28(15-17-29)12-8-7-10-21-43(3,4)41(57)58)31(52)18-22-46-32(53)19-23-47-39(56)36(55)44(5,6)25-67-73(64,65)70-72(62,63)66-24-30-35(69-71(59,60)61)34(54)40(68-30)51-27-50-33-37(45)48-26-49-38(33)51/h14-17,26-27,30,34-36,40,54-55H,7-13,18-25H2,1-6H3,(H,46,53)(H,47,56)(H,57,58)(H,62,63)(H,64,65)(H2,45,48,49)(H2,59,60,61). The molecule has 7 unspecified atom stereocenters. The van der Waals surface area contributed by atoms with Crippen molar-refractivity contribution in [1.82, 2.24) is 30.2 Å². The molecule has 1 aliphatic rings. The minimum absolute atomic E-state index is 0.0158. The second kappa shape index (κ2) is 26.1. The van der Waals surface area contributed by atoms with Crippen molar-refractivity contribution in [2.45, 2.75) is 143 Å². The van der Waals surface area contributed by atoms with E-state index in [1.165, 1.54) is 25.0 Å². The number of imidazole rings is 1. The fourth-order valence-electron chi connectivity index (χ4n) is 7.68. The van der Waals surface area contributed by atoms with Gasteiger partial charge in [0.25, 0.3) is 0 Å². The molecule has 0 saturated carbocycles. The lowest BCUT2D eigenvalue weighted by Gasteiger charge is -2.30. The molecular formula is C44H70N7O19P3. The Bertz CT molecular complexity index is 2500. The molecule has 0 bridgehead atoms. The Morgan fingerprint density at radius 3 is 2.00 bits per heavy atom. The van der Waals surface area contributed by atoms with Crippen LogP contribution in [-0.4, -0.2) is 129 Å². The molecule has 73 heavy (non-hydrogen) atoms. The Balaban J connectivity index is 1.12. The highest BCUT2D eigenvalue weighted by Gasteiger charge is 2.50. The van der Waals surface area contributed by atoms with Crippen LogP contribution in [0.2, 0.25) is 0 Å². The third kappa shape index (κ3) is 19.2. The molecule has 4 rings (SSSR count). The molecule has 1 aromatic carbocycles. The Hall–Kier alpha value is -4.10. The fourth-order valence-corrected chi connectivity index (χ4v) is 10.5. The number of carboxylic acids is 1. The molecule has 2 aromatic heterocycles. The van der Waals surface area contributed by atoms with Gasteiger partial charge in [0.15, 0.2) is 17.7 Å². The number of carbonyl (C=O) groups excluding carboxylic acids is 3. The number of aliphatic hydroxyl groups is 2. The number of nitrogens with one attached hydrogen (secondary N) is 2. The molecule has 0 spiro atoms. The number of Topliss-reactive ketones (excluding diaryl/α,β-unsaturated/α-hetero) is 1. The van der Waals surface area contributed by atoms with E-state index in [9.17, 15) is 67.8 Å². The lowest BCUT2D eigenvalue weighted by molar-refractivity contribution is -0.147. The predicted molar refractivity (Wildman–Crippen MR) is 261 cm³/mol. The lowest BCUT2D eigenvalue weighted by Crippen LogP contribution is -2.46. The Morgan fingerprint density at radius 1 is 0.808 bits per heavy atom. The van der Waals surface area contributed by atoms with Crippen LogP contribution in [0.3, 0.4) is 0 Å². The number of hydrogen-bond donors (Lipinski definition) is 10. The highest BCUT2D eigenvalue weighted by atomic mass is 31.3. The molecule has 1 aliphatic heterocycles. The normalized spacial score (nSPS) is 19.8. The summed E-state index contributed by atoms with van der Waals surface area (Å²) in [6, 6.07) is 8.50. The monoisotopic (exact) mass is 1090 g/mol. The van der Waals surface area contributed by atoms with Gasteiger partial charge in [0, 0.05) is 36.8 Å². The van der Waals surface area contributed by atoms with Crippen molar-refractivity contribution < 1.29 is 90.4 Å². The second-order valence-electron chi connectivity index (χ2n) is 19.9. The summed E-state index contributed by atoms with van der Waals surface area (Å²) in [6.45, 7) is 7.55. The number of unbranched alkanes of at least 4 members (excludes halogenated alkanes) is 3. The summed E-state index contributed by atoms with van der Waals surface area (Å²) in [5.74, 6) is -2.30. The topological polar surface area (TPSA) is 401 Å². The number of hydrogen-bond acceptors (Lipinski definition) is 18. The molecule has 2 amide bonds. The average molecular weight is 1090 g/mol. The number of phosphoric acid groups is 3. The van der Waals surface area contributed by atoms with Gasteiger partial charge in [-0.15, -0.1) is 0 Å². The zero-order valence-corrected chi connectivity index (χ0v) is 44.4. The van der Waals surface area contributed by atoms with Crippen molar-refractivity contribution >= 4 is 64.0 Å². The molecule has 0 radical (unpaired) electrons. The molecule has 1 saturated heterocycles. The van der Waals surface area contributed by atoms with Crippen LogP contribution in [0.5, 0.6) is 0 Å². The van der Waals surface area contributed by atoms with E-state index >= 15 is 0 Å². The molecular weight excluding hydrogens is 1020 g/mol. The summed E-state index contributed by atoms with van der Waals surface area (Å²) in [5.41, 5.74) is 5.38. The van der Waals surface area contributed by atoms with Gasteiger partial charge < -0.3 is 56.0 Å². The minimum Gasteiger partial charge on any atom is -0.481 e. The number of aliphatic carboxylic acids is 1. The largest absolute Gasteiger partial charge is 0.481 e. The van der Waals surface area contributed by atoms with E-state index < -0.39 is 101 Å². The molecule has 1 fully saturated rings. The number of fused-ring (bicyclic) bond motifs is 1. The number of benzene rings is 1. The number of nitrogen functional groups attached to an aromatic ring is 1. The first-order valence-corrected chi connectivity index (χ1v) is 28.1. The van der Waals surface area contributed by atoms with Crippen LogP contribution in [0.1, 0.15) is 117 Å². The predicted octanol–water partition coefficient (Wildman–Crippen LogP) is 4.02. The number of amides is 2.